The Morgan fingerprint density at radius 2 is 1.00 bits per heavy atom. The van der Waals surface area contributed by atoms with Crippen molar-refractivity contribution in [1.29, 1.82) is 0 Å². The molecule has 2 fully saturated rings. The largest absolute Gasteiger partial charge is 0.489 e. The summed E-state index contributed by atoms with van der Waals surface area (Å²) in [5.41, 5.74) is 8.89. The number of benzene rings is 5. The number of aryl methyl sites for hydroxylation is 4. The highest BCUT2D eigenvalue weighted by Gasteiger charge is 2.31. The van der Waals surface area contributed by atoms with Crippen molar-refractivity contribution in [2.75, 3.05) is 26.2 Å². The summed E-state index contributed by atoms with van der Waals surface area (Å²) in [6.45, 7) is 28.2. The van der Waals surface area contributed by atoms with Crippen LogP contribution in [0.4, 0.5) is 0 Å². The first-order chi connectivity index (χ1) is 42.7. The molecule has 11 rings (SSSR count). The smallest absolute Gasteiger partial charge is 0.379 e. The monoisotopic (exact) mass is 1310 g/mol. The third-order valence-electron chi connectivity index (χ3n) is 15.6. The fraction of sp³-hybridized carbons (Fsp3) is 0.412. The topological polar surface area (TPSA) is 248 Å². The van der Waals surface area contributed by atoms with Crippen molar-refractivity contribution in [3.63, 3.8) is 0 Å². The highest BCUT2D eigenvalue weighted by molar-refractivity contribution is 9.10. The number of nitrogens with zero attached hydrogens (tertiary/aromatic N) is 9. The Morgan fingerprint density at radius 3 is 1.40 bits per heavy atom. The van der Waals surface area contributed by atoms with E-state index in [1.807, 2.05) is 95.4 Å². The van der Waals surface area contributed by atoms with Crippen LogP contribution in [-0.2, 0) is 19.1 Å². The number of aliphatic hydroxyl groups excluding tert-OH is 1. The number of aliphatic hydroxyl groups is 1. The molecular weight excluding hydrogens is 1230 g/mol. The Kier molecular flexibility index (Phi) is 22.0. The molecule has 0 bridgehead atoms. The highest BCUT2D eigenvalue weighted by Crippen LogP contribution is 2.35. The zero-order valence-corrected chi connectivity index (χ0v) is 55.6. The van der Waals surface area contributed by atoms with Crippen LogP contribution in [0.1, 0.15) is 178 Å². The number of hydrogen-bond donors (Lipinski definition) is 3. The summed E-state index contributed by atoms with van der Waals surface area (Å²) in [7, 11) is 0. The lowest BCUT2D eigenvalue weighted by Crippen LogP contribution is -2.48. The van der Waals surface area contributed by atoms with Crippen LogP contribution in [0.5, 0.6) is 5.75 Å². The van der Waals surface area contributed by atoms with Crippen LogP contribution in [0, 0.1) is 27.7 Å². The molecule has 5 heterocycles. The molecule has 4 aromatic heterocycles. The van der Waals surface area contributed by atoms with Crippen LogP contribution < -0.4 is 10.1 Å². The Balaban J connectivity index is 0.000000169. The number of rotatable bonds is 18. The molecule has 2 atom stereocenters. The summed E-state index contributed by atoms with van der Waals surface area (Å²) in [5, 5.41) is 45.0. The molecule has 1 aliphatic heterocycles. The van der Waals surface area contributed by atoms with Gasteiger partial charge in [0, 0.05) is 73.4 Å². The maximum atomic E-state index is 13.2. The van der Waals surface area contributed by atoms with E-state index >= 15 is 0 Å². The molecule has 1 aliphatic carbocycles. The van der Waals surface area contributed by atoms with Crippen molar-refractivity contribution in [3.05, 3.63) is 146 Å². The minimum atomic E-state index is -1.44. The van der Waals surface area contributed by atoms with Gasteiger partial charge in [0.25, 0.3) is 17.5 Å². The predicted molar refractivity (Wildman–Crippen MR) is 352 cm³/mol. The van der Waals surface area contributed by atoms with Crippen molar-refractivity contribution in [1.82, 2.24) is 49.3 Å². The van der Waals surface area contributed by atoms with Crippen LogP contribution >= 0.6 is 27.5 Å². The Labute approximate surface area is 536 Å². The molecule has 2 aliphatic rings. The molecular formula is C68H80BrClN10O10. The van der Waals surface area contributed by atoms with E-state index in [2.05, 4.69) is 83.3 Å². The molecule has 9 aromatic rings. The van der Waals surface area contributed by atoms with Gasteiger partial charge in [-0.05, 0) is 219 Å². The third-order valence-corrected chi connectivity index (χ3v) is 16.4. The summed E-state index contributed by atoms with van der Waals surface area (Å²) in [6.07, 6.45) is 3.33. The molecule has 22 heteroatoms. The third kappa shape index (κ3) is 15.7. The molecule has 5 aromatic carbocycles. The van der Waals surface area contributed by atoms with Crippen LogP contribution in [0.25, 0.3) is 43.6 Å². The number of ketones is 3. The first-order valence-corrected chi connectivity index (χ1v) is 31.7. The molecule has 1 saturated heterocycles. The minimum Gasteiger partial charge on any atom is -0.489 e. The first kappa shape index (κ1) is 67.8. The zero-order valence-electron chi connectivity index (χ0n) is 53.3. The van der Waals surface area contributed by atoms with Crippen molar-refractivity contribution >= 4 is 106 Å². The number of Topliss-reactive ketones (excluding diaryl/α,β-unsaturated/α-hetero) is 3. The molecule has 3 N–H and O–H groups in total. The maximum Gasteiger partial charge on any atom is 0.379 e. The maximum absolute atomic E-state index is 13.2. The summed E-state index contributed by atoms with van der Waals surface area (Å²) in [5.74, 6) is -4.58. The number of likely N-dealkylation sites (tertiary alicyclic amines) is 1. The number of fused-ring (bicyclic) bond motifs is 4. The Morgan fingerprint density at radius 1 is 0.589 bits per heavy atom. The second kappa shape index (κ2) is 29.2. The van der Waals surface area contributed by atoms with Gasteiger partial charge in [-0.15, -0.1) is 0 Å². The van der Waals surface area contributed by atoms with Gasteiger partial charge < -0.3 is 29.9 Å². The number of carbonyl (C=O) groups excluding carboxylic acids is 5. The molecule has 1 saturated carbocycles. The van der Waals surface area contributed by atoms with Crippen LogP contribution in [-0.4, -0.2) is 128 Å². The Hall–Kier alpha value is -8.11. The van der Waals surface area contributed by atoms with Crippen molar-refractivity contribution in [2.24, 2.45) is 0 Å². The fourth-order valence-corrected chi connectivity index (χ4v) is 11.4. The van der Waals surface area contributed by atoms with Gasteiger partial charge in [0.1, 0.15) is 11.9 Å². The van der Waals surface area contributed by atoms with E-state index < -0.39 is 47.3 Å². The number of nitrogens with one attached hydrogen (secondary N) is 1. The lowest BCUT2D eigenvalue weighted by atomic mass is 10.0. The van der Waals surface area contributed by atoms with E-state index in [9.17, 15) is 33.9 Å². The SMILES string of the molecule is CCOC(=O)C(=O)c1ccc2c(c1)c(C)nn2C(C)C.Cc1nn(C(C)C)c2ccc(Br)cc12.Cc1nn(C(C)C)c2ccc(C(=O)C(=O)N[C@H](CN3CCCC3)[C@H](O)c3ccc(OC4CC4)c(Cl)c3)cc12.Cc1nn(C(C)C)c2ccc(C(=O)C(=O)O)cc12. The summed E-state index contributed by atoms with van der Waals surface area (Å²) in [6, 6.07) is 27.1. The van der Waals surface area contributed by atoms with Gasteiger partial charge in [-0.3, -0.25) is 37.9 Å². The van der Waals surface area contributed by atoms with E-state index in [0.717, 1.165) is 98.7 Å². The Bertz CT molecular complexity index is 4150. The van der Waals surface area contributed by atoms with Crippen LogP contribution in [0.2, 0.25) is 5.02 Å². The standard InChI is InChI=1S/C29H35ClN4O4.C15H18N2O3.C13H14N2O3.C11H13BrN2/c1-17(2)34-25-10-6-19(14-22(25)18(3)32-34)28(36)29(37)31-24(16-33-12-4-5-13-33)27(35)20-7-11-26(23(30)15-20)38-21-8-9-21;1-5-20-15(19)14(18)11-6-7-13-12(8-11)10(4)16-17(13)9(2)3;1-7(2)15-11-5-4-9(12(16)13(17)18)6-10(11)8(3)14-15;1-7(2)14-11-5-4-9(12)6-10(11)8(3)13-14/h6-7,10-11,14-15,17,21,24,27,35H,4-5,8-9,12-13,16H2,1-3H3,(H,31,37);6-9H,5H2,1-4H3;4-7H,1-3H3,(H,17,18);4-7H,1-3H3/t24-,27-;;;/m1.../s1. The van der Waals surface area contributed by atoms with Gasteiger partial charge in [-0.25, -0.2) is 9.59 Å². The number of amides is 1. The predicted octanol–water partition coefficient (Wildman–Crippen LogP) is 13.2. The van der Waals surface area contributed by atoms with Crippen molar-refractivity contribution in [3.8, 4) is 5.75 Å². The number of carbonyl (C=O) groups is 6. The zero-order chi connectivity index (χ0) is 65.6. The molecule has 0 radical (unpaired) electrons. The minimum absolute atomic E-state index is 0.173. The number of hydrogen-bond acceptors (Lipinski definition) is 14. The van der Waals surface area contributed by atoms with E-state index in [0.29, 0.717) is 40.0 Å². The fourth-order valence-electron chi connectivity index (χ4n) is 10.8. The quantitative estimate of drug-likeness (QED) is 0.0410. The number of halogens is 2. The summed E-state index contributed by atoms with van der Waals surface area (Å²) in [4.78, 5) is 74.1. The first-order valence-electron chi connectivity index (χ1n) is 30.5. The van der Waals surface area contributed by atoms with E-state index in [4.69, 9.17) is 26.2 Å². The van der Waals surface area contributed by atoms with Crippen molar-refractivity contribution < 1.29 is 48.5 Å². The molecule has 0 spiro atoms. The van der Waals surface area contributed by atoms with E-state index in [1.54, 1.807) is 61.5 Å². The second-order valence-electron chi connectivity index (χ2n) is 23.9. The van der Waals surface area contributed by atoms with Crippen LogP contribution in [0.15, 0.2) is 95.5 Å². The highest BCUT2D eigenvalue weighted by atomic mass is 79.9. The average Bonchev–Trinajstić information content (AvgIpc) is 1.71. The van der Waals surface area contributed by atoms with E-state index in [-0.39, 0.29) is 36.4 Å². The van der Waals surface area contributed by atoms with Gasteiger partial charge in [-0.2, -0.15) is 20.4 Å². The number of aliphatic carboxylic acids is 1. The van der Waals surface area contributed by atoms with Gasteiger partial charge in [0.05, 0.1) is 68.6 Å². The van der Waals surface area contributed by atoms with Crippen LogP contribution in [0.3, 0.4) is 0 Å². The van der Waals surface area contributed by atoms with E-state index in [1.165, 1.54) is 17.0 Å². The summed E-state index contributed by atoms with van der Waals surface area (Å²) < 4.78 is 19.4. The number of carboxylic acids is 1. The molecule has 90 heavy (non-hydrogen) atoms. The summed E-state index contributed by atoms with van der Waals surface area (Å²) >= 11 is 9.92. The average molecular weight is 1310 g/mol. The molecule has 20 nitrogen and oxygen atoms in total. The van der Waals surface area contributed by atoms with Gasteiger partial charge in [0.2, 0.25) is 5.78 Å². The second-order valence-corrected chi connectivity index (χ2v) is 25.2. The van der Waals surface area contributed by atoms with Crippen molar-refractivity contribution in [2.45, 2.75) is 158 Å². The van der Waals surface area contributed by atoms with Gasteiger partial charge in [-0.1, -0.05) is 33.6 Å². The number of aromatic nitrogens is 8. The lowest BCUT2D eigenvalue weighted by molar-refractivity contribution is -0.137. The normalized spacial score (nSPS) is 13.9. The molecule has 1 amide bonds. The number of esters is 1. The number of carboxylic acid groups (broad SMARTS) is 1. The van der Waals surface area contributed by atoms with Gasteiger partial charge >= 0.3 is 11.9 Å². The molecule has 476 valence electrons. The number of ether oxygens (including phenoxy) is 2. The lowest BCUT2D eigenvalue weighted by Gasteiger charge is -2.28. The van der Waals surface area contributed by atoms with Gasteiger partial charge in [0.15, 0.2) is 0 Å². The molecule has 0 unspecified atom stereocenters.